The number of sulfonamides is 1. The fourth-order valence-corrected chi connectivity index (χ4v) is 4.42. The molecule has 0 atom stereocenters. The molecule has 9 nitrogen and oxygen atoms in total. The van der Waals surface area contributed by atoms with Crippen molar-refractivity contribution in [1.29, 1.82) is 0 Å². The van der Waals surface area contributed by atoms with E-state index in [0.29, 0.717) is 37.1 Å². The number of hydrogen-bond acceptors (Lipinski definition) is 7. The van der Waals surface area contributed by atoms with Crippen molar-refractivity contribution in [3.63, 3.8) is 0 Å². The van der Waals surface area contributed by atoms with Gasteiger partial charge in [-0.1, -0.05) is 6.07 Å². The Balaban J connectivity index is 1.59. The van der Waals surface area contributed by atoms with Crippen molar-refractivity contribution < 1.29 is 17.9 Å². The van der Waals surface area contributed by atoms with Gasteiger partial charge in [0.15, 0.2) is 5.65 Å². The third-order valence-electron chi connectivity index (χ3n) is 5.30. The number of pyridine rings is 2. The van der Waals surface area contributed by atoms with E-state index >= 15 is 0 Å². The van der Waals surface area contributed by atoms with Gasteiger partial charge in [0, 0.05) is 43.2 Å². The summed E-state index contributed by atoms with van der Waals surface area (Å²) < 4.78 is 34.2. The minimum atomic E-state index is -3.83. The molecule has 0 aliphatic rings. The first-order chi connectivity index (χ1) is 15.9. The maximum atomic E-state index is 11.9. The Morgan fingerprint density at radius 3 is 2.61 bits per heavy atom. The molecule has 0 fully saturated rings. The van der Waals surface area contributed by atoms with Gasteiger partial charge >= 0.3 is 0 Å². The minimum absolute atomic E-state index is 0.104. The van der Waals surface area contributed by atoms with Gasteiger partial charge in [-0.15, -0.1) is 0 Å². The zero-order chi connectivity index (χ0) is 23.4. The molecule has 172 valence electrons. The van der Waals surface area contributed by atoms with Gasteiger partial charge in [-0.3, -0.25) is 4.98 Å². The van der Waals surface area contributed by atoms with Crippen LogP contribution in [-0.2, 0) is 34.0 Å². The van der Waals surface area contributed by atoms with Crippen molar-refractivity contribution in [2.45, 2.75) is 24.2 Å². The molecule has 3 N–H and O–H groups in total. The van der Waals surface area contributed by atoms with E-state index in [-0.39, 0.29) is 4.90 Å². The lowest BCUT2D eigenvalue weighted by Crippen LogP contribution is -2.15. The first kappa shape index (κ1) is 22.8. The SMILES string of the molecule is COCCc1cc(-c2cnc3nc(CCc4cc(OC)ccn4)[nH]c3c2)ccc1S(N)(=O)=O. The van der Waals surface area contributed by atoms with Crippen LogP contribution in [-0.4, -0.2) is 49.2 Å². The smallest absolute Gasteiger partial charge is 0.238 e. The largest absolute Gasteiger partial charge is 0.497 e. The van der Waals surface area contributed by atoms with E-state index in [1.807, 2.05) is 24.3 Å². The first-order valence-electron chi connectivity index (χ1n) is 10.4. The van der Waals surface area contributed by atoms with Crippen LogP contribution >= 0.6 is 0 Å². The van der Waals surface area contributed by atoms with Crippen LogP contribution in [0.15, 0.2) is 53.7 Å². The van der Waals surface area contributed by atoms with Crippen molar-refractivity contribution >= 4 is 21.2 Å². The van der Waals surface area contributed by atoms with Crippen LogP contribution in [0.5, 0.6) is 5.75 Å². The van der Waals surface area contributed by atoms with Gasteiger partial charge in [-0.2, -0.15) is 0 Å². The topological polar surface area (TPSA) is 133 Å². The number of aryl methyl sites for hydroxylation is 2. The highest BCUT2D eigenvalue weighted by Crippen LogP contribution is 2.26. The second-order valence-electron chi connectivity index (χ2n) is 7.58. The molecular formula is C23H25N5O4S. The van der Waals surface area contributed by atoms with Gasteiger partial charge in [0.2, 0.25) is 10.0 Å². The molecule has 3 heterocycles. The maximum Gasteiger partial charge on any atom is 0.238 e. The average Bonchev–Trinajstić information content (AvgIpc) is 3.23. The summed E-state index contributed by atoms with van der Waals surface area (Å²) in [6.45, 7) is 0.384. The third kappa shape index (κ3) is 5.36. The Bertz CT molecular complexity index is 1380. The van der Waals surface area contributed by atoms with E-state index in [1.54, 1.807) is 32.7 Å². The molecule has 10 heteroatoms. The molecule has 0 saturated carbocycles. The summed E-state index contributed by atoms with van der Waals surface area (Å²) in [7, 11) is -0.631. The minimum Gasteiger partial charge on any atom is -0.497 e. The Morgan fingerprint density at radius 1 is 1.00 bits per heavy atom. The number of hydrogen-bond donors (Lipinski definition) is 2. The number of methoxy groups -OCH3 is 2. The lowest BCUT2D eigenvalue weighted by Gasteiger charge is -2.10. The van der Waals surface area contributed by atoms with Crippen molar-refractivity contribution in [3.05, 3.63) is 65.9 Å². The Morgan fingerprint density at radius 2 is 1.85 bits per heavy atom. The van der Waals surface area contributed by atoms with E-state index < -0.39 is 10.0 Å². The number of H-pyrrole nitrogens is 1. The number of nitrogens with zero attached hydrogens (tertiary/aromatic N) is 3. The summed E-state index contributed by atoms with van der Waals surface area (Å²) in [6, 6.07) is 10.7. The zero-order valence-corrected chi connectivity index (χ0v) is 19.2. The first-order valence-corrected chi connectivity index (χ1v) is 11.9. The summed E-state index contributed by atoms with van der Waals surface area (Å²) in [5.41, 5.74) is 4.62. The highest BCUT2D eigenvalue weighted by Gasteiger charge is 2.15. The molecule has 0 radical (unpaired) electrons. The van der Waals surface area contributed by atoms with Crippen LogP contribution < -0.4 is 9.88 Å². The van der Waals surface area contributed by atoms with E-state index in [1.165, 1.54) is 6.07 Å². The summed E-state index contributed by atoms with van der Waals surface area (Å²) in [4.78, 5) is 16.8. The predicted molar refractivity (Wildman–Crippen MR) is 124 cm³/mol. The number of imidazole rings is 1. The lowest BCUT2D eigenvalue weighted by atomic mass is 10.0. The van der Waals surface area contributed by atoms with Crippen LogP contribution in [0, 0.1) is 0 Å². The van der Waals surface area contributed by atoms with Gasteiger partial charge < -0.3 is 14.5 Å². The number of aromatic amines is 1. The monoisotopic (exact) mass is 467 g/mol. The molecule has 0 aliphatic heterocycles. The van der Waals surface area contributed by atoms with E-state index in [0.717, 1.165) is 33.9 Å². The molecule has 0 saturated heterocycles. The average molecular weight is 468 g/mol. The molecule has 3 aromatic heterocycles. The van der Waals surface area contributed by atoms with Crippen LogP contribution in [0.1, 0.15) is 17.1 Å². The van der Waals surface area contributed by atoms with Crippen molar-refractivity contribution in [2.24, 2.45) is 5.14 Å². The van der Waals surface area contributed by atoms with Gasteiger partial charge in [-0.05, 0) is 48.2 Å². The van der Waals surface area contributed by atoms with E-state index in [2.05, 4.69) is 19.9 Å². The van der Waals surface area contributed by atoms with E-state index in [4.69, 9.17) is 14.6 Å². The zero-order valence-electron chi connectivity index (χ0n) is 18.4. The summed E-state index contributed by atoms with van der Waals surface area (Å²) >= 11 is 0. The predicted octanol–water partition coefficient (Wildman–Crippen LogP) is 2.65. The lowest BCUT2D eigenvalue weighted by molar-refractivity contribution is 0.202. The molecule has 0 amide bonds. The molecule has 0 spiro atoms. The quantitative estimate of drug-likeness (QED) is 0.386. The molecule has 1 aromatic carbocycles. The number of ether oxygens (including phenoxy) is 2. The maximum absolute atomic E-state index is 11.9. The second kappa shape index (κ2) is 9.65. The number of fused-ring (bicyclic) bond motifs is 1. The number of nitrogens with two attached hydrogens (primary N) is 1. The summed E-state index contributed by atoms with van der Waals surface area (Å²) in [5, 5.41) is 5.38. The molecular weight excluding hydrogens is 442 g/mol. The molecule has 33 heavy (non-hydrogen) atoms. The molecule has 0 aliphatic carbocycles. The fourth-order valence-electron chi connectivity index (χ4n) is 3.64. The van der Waals surface area contributed by atoms with Crippen LogP contribution in [0.2, 0.25) is 0 Å². The Kier molecular flexibility index (Phi) is 6.68. The van der Waals surface area contributed by atoms with Gasteiger partial charge in [0.05, 0.1) is 24.1 Å². The highest BCUT2D eigenvalue weighted by molar-refractivity contribution is 7.89. The molecule has 0 unspecified atom stereocenters. The van der Waals surface area contributed by atoms with Gasteiger partial charge in [0.25, 0.3) is 0 Å². The highest BCUT2D eigenvalue weighted by atomic mass is 32.2. The Hall–Kier alpha value is -3.34. The van der Waals surface area contributed by atoms with Crippen LogP contribution in [0.3, 0.4) is 0 Å². The van der Waals surface area contributed by atoms with Gasteiger partial charge in [0.1, 0.15) is 11.6 Å². The molecule has 0 bridgehead atoms. The standard InChI is InChI=1S/C23H25N5O4S/c1-31-10-8-16-11-15(3-5-21(16)33(24,29)30)17-12-20-23(26-14-17)28-22(27-20)6-4-18-13-19(32-2)7-9-25-18/h3,5,7,9,11-14H,4,6,8,10H2,1-2H3,(H2,24,29,30)(H,26,27,28). The van der Waals surface area contributed by atoms with Crippen LogP contribution in [0.4, 0.5) is 0 Å². The number of benzene rings is 1. The van der Waals surface area contributed by atoms with Crippen molar-refractivity contribution in [3.8, 4) is 16.9 Å². The second-order valence-corrected chi connectivity index (χ2v) is 9.11. The van der Waals surface area contributed by atoms with Gasteiger partial charge in [-0.25, -0.2) is 23.5 Å². The number of primary sulfonamides is 1. The number of aromatic nitrogens is 4. The summed E-state index contributed by atoms with van der Waals surface area (Å²) in [5.74, 6) is 1.58. The molecule has 4 rings (SSSR count). The van der Waals surface area contributed by atoms with Crippen molar-refractivity contribution in [2.75, 3.05) is 20.8 Å². The van der Waals surface area contributed by atoms with Crippen LogP contribution in [0.25, 0.3) is 22.3 Å². The fraction of sp³-hybridized carbons (Fsp3) is 0.261. The molecule has 4 aromatic rings. The third-order valence-corrected chi connectivity index (χ3v) is 6.32. The summed E-state index contributed by atoms with van der Waals surface area (Å²) in [6.07, 6.45) is 5.27. The normalized spacial score (nSPS) is 11.7. The van der Waals surface area contributed by atoms with E-state index in [9.17, 15) is 8.42 Å². The number of nitrogens with one attached hydrogen (secondary N) is 1. The Labute approximate surface area is 192 Å². The number of rotatable bonds is 9. The van der Waals surface area contributed by atoms with Crippen molar-refractivity contribution in [1.82, 2.24) is 19.9 Å².